The van der Waals surface area contributed by atoms with Crippen molar-refractivity contribution in [1.82, 2.24) is 0 Å². The van der Waals surface area contributed by atoms with Gasteiger partial charge in [-0.05, 0) is 31.2 Å². The van der Waals surface area contributed by atoms with Gasteiger partial charge in [0.15, 0.2) is 0 Å². The van der Waals surface area contributed by atoms with Crippen molar-refractivity contribution in [3.05, 3.63) is 48.0 Å². The van der Waals surface area contributed by atoms with Crippen molar-refractivity contribution < 1.29 is 24.9 Å². The van der Waals surface area contributed by atoms with Crippen molar-refractivity contribution in [3.8, 4) is 0 Å². The second-order valence-corrected chi connectivity index (χ2v) is 6.99. The summed E-state index contributed by atoms with van der Waals surface area (Å²) >= 11 is 0. The maximum absolute atomic E-state index is 12.2. The summed E-state index contributed by atoms with van der Waals surface area (Å²) in [5, 5.41) is 26.3. The van der Waals surface area contributed by atoms with E-state index in [0.29, 0.717) is 6.42 Å². The number of carbonyl (C=O) groups is 2. The van der Waals surface area contributed by atoms with Gasteiger partial charge >= 0.3 is 0 Å². The van der Waals surface area contributed by atoms with Gasteiger partial charge in [-0.2, -0.15) is 0 Å². The molecule has 5 nitrogen and oxygen atoms in total. The first kappa shape index (κ1) is 23.1. The highest BCUT2D eigenvalue weighted by molar-refractivity contribution is 5.85. The van der Waals surface area contributed by atoms with E-state index in [1.54, 1.807) is 0 Å². The van der Waals surface area contributed by atoms with E-state index in [0.717, 1.165) is 44.6 Å². The fraction of sp³-hybridized carbons (Fsp3) is 0.545. The highest BCUT2D eigenvalue weighted by Crippen LogP contribution is 2.33. The number of aliphatic hydroxyl groups excluding tert-OH is 2. The molecule has 1 aliphatic rings. The molecule has 1 aromatic carbocycles. The van der Waals surface area contributed by atoms with E-state index < -0.39 is 12.1 Å². The van der Waals surface area contributed by atoms with E-state index in [1.165, 1.54) is 0 Å². The molecule has 150 valence electrons. The standard InChI is InChI=1S/C20H28O3.C2H4O2/c21-13-9-4-2-1-3-8-12-17-18(20(23)15-19(17)22)14-16-10-6-5-7-11-16;1-2(3)4/h5-8,10-12,17-19,21-22H,1-4,9,13-15H2;1H3,(H,3,4)/b12-8+;/t17-,18-,19+;/m1./s1. The lowest BCUT2D eigenvalue weighted by atomic mass is 9.88. The molecule has 0 radical (unpaired) electrons. The van der Waals surface area contributed by atoms with E-state index in [1.807, 2.05) is 30.3 Å². The van der Waals surface area contributed by atoms with E-state index in [9.17, 15) is 9.90 Å². The van der Waals surface area contributed by atoms with Gasteiger partial charge in [-0.25, -0.2) is 0 Å². The summed E-state index contributed by atoms with van der Waals surface area (Å²) in [6, 6.07) is 10.0. The van der Waals surface area contributed by atoms with E-state index in [2.05, 4.69) is 12.2 Å². The Kier molecular flexibility index (Phi) is 11.3. The molecule has 1 saturated carbocycles. The van der Waals surface area contributed by atoms with Gasteiger partial charge in [0.2, 0.25) is 0 Å². The van der Waals surface area contributed by atoms with E-state index in [4.69, 9.17) is 15.0 Å². The zero-order valence-electron chi connectivity index (χ0n) is 16.1. The van der Waals surface area contributed by atoms with Gasteiger partial charge in [0.25, 0.3) is 5.97 Å². The SMILES string of the molecule is CC(=O)O.O=C1C[C@H](O)[C@H](/C=C/CCCCCCO)[C@H]1Cc1ccccc1. The maximum Gasteiger partial charge on any atom is 0.300 e. The lowest BCUT2D eigenvalue weighted by molar-refractivity contribution is -0.134. The number of unbranched alkanes of at least 4 members (excludes halogenated alkanes) is 4. The molecule has 3 atom stereocenters. The third kappa shape index (κ3) is 9.50. The number of aliphatic hydroxyl groups is 2. The van der Waals surface area contributed by atoms with Gasteiger partial charge in [0.05, 0.1) is 6.10 Å². The first-order valence-electron chi connectivity index (χ1n) is 9.67. The van der Waals surface area contributed by atoms with Gasteiger partial charge in [-0.3, -0.25) is 9.59 Å². The lowest BCUT2D eigenvalue weighted by Gasteiger charge is -2.17. The molecule has 1 aliphatic carbocycles. The molecular weight excluding hydrogens is 344 g/mol. The molecule has 1 aromatic rings. The molecule has 1 fully saturated rings. The Morgan fingerprint density at radius 3 is 2.41 bits per heavy atom. The molecule has 27 heavy (non-hydrogen) atoms. The van der Waals surface area contributed by atoms with Crippen LogP contribution >= 0.6 is 0 Å². The van der Waals surface area contributed by atoms with Crippen LogP contribution in [0.1, 0.15) is 51.0 Å². The summed E-state index contributed by atoms with van der Waals surface area (Å²) in [7, 11) is 0. The van der Waals surface area contributed by atoms with Crippen molar-refractivity contribution in [2.75, 3.05) is 6.61 Å². The minimum Gasteiger partial charge on any atom is -0.481 e. The number of aliphatic carboxylic acids is 1. The van der Waals surface area contributed by atoms with Crippen LogP contribution in [0, 0.1) is 11.8 Å². The molecule has 3 N–H and O–H groups in total. The zero-order chi connectivity index (χ0) is 20.1. The number of allylic oxidation sites excluding steroid dienone is 1. The first-order chi connectivity index (χ1) is 13.0. The third-order valence-electron chi connectivity index (χ3n) is 4.67. The fourth-order valence-electron chi connectivity index (χ4n) is 3.34. The number of carbonyl (C=O) groups excluding carboxylic acids is 1. The fourth-order valence-corrected chi connectivity index (χ4v) is 3.34. The molecular formula is C22H32O5. The number of hydrogen-bond acceptors (Lipinski definition) is 4. The smallest absolute Gasteiger partial charge is 0.300 e. The molecule has 0 amide bonds. The second-order valence-electron chi connectivity index (χ2n) is 6.99. The summed E-state index contributed by atoms with van der Waals surface area (Å²) in [6.07, 6.45) is 9.73. The van der Waals surface area contributed by atoms with Gasteiger partial charge in [-0.15, -0.1) is 0 Å². The molecule has 0 bridgehead atoms. The van der Waals surface area contributed by atoms with Crippen molar-refractivity contribution >= 4 is 11.8 Å². The highest BCUT2D eigenvalue weighted by atomic mass is 16.4. The van der Waals surface area contributed by atoms with Gasteiger partial charge < -0.3 is 15.3 Å². The summed E-state index contributed by atoms with van der Waals surface area (Å²) in [4.78, 5) is 21.2. The Morgan fingerprint density at radius 2 is 1.78 bits per heavy atom. The predicted molar refractivity (Wildman–Crippen MR) is 105 cm³/mol. The second kappa shape index (κ2) is 13.2. The molecule has 0 spiro atoms. The summed E-state index contributed by atoms with van der Waals surface area (Å²) < 4.78 is 0. The quantitative estimate of drug-likeness (QED) is 0.454. The number of benzene rings is 1. The highest BCUT2D eigenvalue weighted by Gasteiger charge is 2.39. The van der Waals surface area contributed by atoms with Crippen molar-refractivity contribution in [3.63, 3.8) is 0 Å². The Labute approximate surface area is 161 Å². The molecule has 5 heteroatoms. The average Bonchev–Trinajstić information content (AvgIpc) is 2.88. The molecule has 2 rings (SSSR count). The van der Waals surface area contributed by atoms with E-state index >= 15 is 0 Å². The summed E-state index contributed by atoms with van der Waals surface area (Å²) in [6.45, 7) is 1.35. The molecule has 0 aromatic heterocycles. The lowest BCUT2D eigenvalue weighted by Crippen LogP contribution is -2.20. The minimum absolute atomic E-state index is 0.0554. The summed E-state index contributed by atoms with van der Waals surface area (Å²) in [5.41, 5.74) is 1.15. The van der Waals surface area contributed by atoms with Gasteiger partial charge in [-0.1, -0.05) is 55.3 Å². The Morgan fingerprint density at radius 1 is 1.15 bits per heavy atom. The van der Waals surface area contributed by atoms with Crippen LogP contribution < -0.4 is 0 Å². The van der Waals surface area contributed by atoms with Crippen LogP contribution in [0.2, 0.25) is 0 Å². The largest absolute Gasteiger partial charge is 0.481 e. The number of carboxylic acids is 1. The topological polar surface area (TPSA) is 94.8 Å². The van der Waals surface area contributed by atoms with Crippen molar-refractivity contribution in [2.24, 2.45) is 11.8 Å². The first-order valence-corrected chi connectivity index (χ1v) is 9.67. The Balaban J connectivity index is 0.000000828. The monoisotopic (exact) mass is 376 g/mol. The number of carboxylic acid groups (broad SMARTS) is 1. The molecule has 0 unspecified atom stereocenters. The molecule has 0 saturated heterocycles. The number of ketones is 1. The average molecular weight is 376 g/mol. The summed E-state index contributed by atoms with van der Waals surface area (Å²) in [5.74, 6) is -0.808. The van der Waals surface area contributed by atoms with Crippen LogP contribution in [0.4, 0.5) is 0 Å². The van der Waals surface area contributed by atoms with Crippen LogP contribution in [0.5, 0.6) is 0 Å². The van der Waals surface area contributed by atoms with Gasteiger partial charge in [0.1, 0.15) is 5.78 Å². The zero-order valence-corrected chi connectivity index (χ0v) is 16.1. The van der Waals surface area contributed by atoms with Crippen molar-refractivity contribution in [2.45, 2.75) is 58.0 Å². The number of rotatable bonds is 9. The van der Waals surface area contributed by atoms with E-state index in [-0.39, 0.29) is 30.6 Å². The van der Waals surface area contributed by atoms with Crippen LogP contribution in [-0.2, 0) is 16.0 Å². The normalized spacial score (nSPS) is 21.9. The van der Waals surface area contributed by atoms with Crippen LogP contribution in [0.25, 0.3) is 0 Å². The minimum atomic E-state index is -0.833. The Bertz CT molecular complexity index is 578. The van der Waals surface area contributed by atoms with Crippen LogP contribution in [0.3, 0.4) is 0 Å². The third-order valence-corrected chi connectivity index (χ3v) is 4.67. The molecule has 0 heterocycles. The maximum atomic E-state index is 12.2. The molecule has 0 aliphatic heterocycles. The van der Waals surface area contributed by atoms with Gasteiger partial charge in [0, 0.05) is 31.8 Å². The number of Topliss-reactive ketones (excluding diaryl/α,β-unsaturated/α-hetero) is 1. The van der Waals surface area contributed by atoms with Crippen LogP contribution in [-0.4, -0.2) is 39.8 Å². The van der Waals surface area contributed by atoms with Crippen LogP contribution in [0.15, 0.2) is 42.5 Å². The van der Waals surface area contributed by atoms with Crippen molar-refractivity contribution in [1.29, 1.82) is 0 Å². The Hall–Kier alpha value is -1.98. The number of hydrogen-bond donors (Lipinski definition) is 3. The predicted octanol–water partition coefficient (Wildman–Crippen LogP) is 3.39.